The summed E-state index contributed by atoms with van der Waals surface area (Å²) >= 11 is 0. The smallest absolute Gasteiger partial charge is 0.340 e. The molecule has 4 aliphatic rings. The number of benzene rings is 1. The molecule has 2 aliphatic heterocycles. The maximum Gasteiger partial charge on any atom is 0.340 e. The first kappa shape index (κ1) is 45.6. The predicted molar refractivity (Wildman–Crippen MR) is 205 cm³/mol. The van der Waals surface area contributed by atoms with Crippen molar-refractivity contribution < 1.29 is 86.1 Å². The zero-order chi connectivity index (χ0) is 45.5. The first-order valence-corrected chi connectivity index (χ1v) is 19.9. The third kappa shape index (κ3) is 7.98. The molecule has 6 rings (SSSR count). The topological polar surface area (TPSA) is 253 Å². The molecule has 2 aliphatic carbocycles. The number of aryl methyl sites for hydroxylation is 1. The quantitative estimate of drug-likeness (QED) is 0.295. The van der Waals surface area contributed by atoms with E-state index in [2.05, 4.69) is 4.98 Å². The molecular formula is C43H49NO18. The zero-order valence-corrected chi connectivity index (χ0v) is 35.4. The largest absolute Gasteiger partial charge is 0.465 e. The van der Waals surface area contributed by atoms with Crippen LogP contribution in [0.5, 0.6) is 0 Å². The highest BCUT2D eigenvalue weighted by molar-refractivity contribution is 5.91. The average Bonchev–Trinajstić information content (AvgIpc) is 3.41. The van der Waals surface area contributed by atoms with Gasteiger partial charge in [-0.2, -0.15) is 0 Å². The van der Waals surface area contributed by atoms with Crippen LogP contribution in [0, 0.1) is 17.3 Å². The van der Waals surface area contributed by atoms with Gasteiger partial charge in [-0.05, 0) is 50.5 Å². The Morgan fingerprint density at radius 3 is 1.98 bits per heavy atom. The van der Waals surface area contributed by atoms with Crippen molar-refractivity contribution in [3.8, 4) is 0 Å². The number of pyridine rings is 1. The van der Waals surface area contributed by atoms with Gasteiger partial charge in [0, 0.05) is 52.9 Å². The number of nitrogens with zero attached hydrogens (tertiary/aromatic N) is 1. The summed E-state index contributed by atoms with van der Waals surface area (Å²) in [7, 11) is 0. The number of carbonyl (C=O) groups is 8. The average molecular weight is 868 g/mol. The Bertz CT molecular complexity index is 2140. The number of hydrogen-bond donors (Lipinski definition) is 1. The fourth-order valence-electron chi connectivity index (χ4n) is 9.73. The zero-order valence-electron chi connectivity index (χ0n) is 35.4. The van der Waals surface area contributed by atoms with E-state index in [0.29, 0.717) is 5.56 Å². The van der Waals surface area contributed by atoms with Crippen molar-refractivity contribution in [1.29, 1.82) is 0 Å². The van der Waals surface area contributed by atoms with Crippen LogP contribution in [0.3, 0.4) is 0 Å². The summed E-state index contributed by atoms with van der Waals surface area (Å²) in [6.45, 7) is 7.60. The third-order valence-electron chi connectivity index (χ3n) is 12.2. The molecule has 0 radical (unpaired) electrons. The van der Waals surface area contributed by atoms with Crippen molar-refractivity contribution in [2.24, 2.45) is 17.3 Å². The van der Waals surface area contributed by atoms with Gasteiger partial charge in [0.25, 0.3) is 0 Å². The Morgan fingerprint density at radius 2 is 1.39 bits per heavy atom. The van der Waals surface area contributed by atoms with E-state index in [0.717, 1.165) is 34.6 Å². The van der Waals surface area contributed by atoms with E-state index in [1.807, 2.05) is 0 Å². The predicted octanol–water partition coefficient (Wildman–Crippen LogP) is 2.16. The first-order chi connectivity index (χ1) is 29.1. The van der Waals surface area contributed by atoms with E-state index in [4.69, 9.17) is 42.6 Å². The van der Waals surface area contributed by atoms with Gasteiger partial charge in [0.05, 0.1) is 17.0 Å². The molecule has 12 atom stereocenters. The normalized spacial score (nSPS) is 35.0. The monoisotopic (exact) mass is 867 g/mol. The number of fused-ring (bicyclic) bond motifs is 5. The summed E-state index contributed by atoms with van der Waals surface area (Å²) in [4.78, 5) is 113. The van der Waals surface area contributed by atoms with Crippen molar-refractivity contribution in [3.63, 3.8) is 0 Å². The van der Waals surface area contributed by atoms with Crippen LogP contribution in [0.25, 0.3) is 0 Å². The molecule has 1 saturated heterocycles. The number of hydrogen-bond acceptors (Lipinski definition) is 19. The van der Waals surface area contributed by atoms with Gasteiger partial charge in [0.15, 0.2) is 23.9 Å². The first-order valence-electron chi connectivity index (χ1n) is 19.9. The fraction of sp³-hybridized carbons (Fsp3) is 0.558. The van der Waals surface area contributed by atoms with Crippen molar-refractivity contribution in [2.75, 3.05) is 13.2 Å². The summed E-state index contributed by atoms with van der Waals surface area (Å²) in [5.74, 6) is -11.0. The summed E-state index contributed by atoms with van der Waals surface area (Å²) in [5.41, 5.74) is -8.78. The molecular weight excluding hydrogens is 818 g/mol. The summed E-state index contributed by atoms with van der Waals surface area (Å²) in [6, 6.07) is 9.05. The number of ether oxygens (including phenoxy) is 9. The summed E-state index contributed by atoms with van der Waals surface area (Å²) in [5, 5.41) is 11.8. The van der Waals surface area contributed by atoms with Crippen LogP contribution in [0.1, 0.15) is 88.1 Å². The number of rotatable bonds is 8. The minimum atomic E-state index is -2.44. The van der Waals surface area contributed by atoms with Gasteiger partial charge in [-0.25, -0.2) is 14.4 Å². The second-order valence-corrected chi connectivity index (χ2v) is 16.5. The molecule has 3 heterocycles. The number of esters is 8. The third-order valence-corrected chi connectivity index (χ3v) is 12.2. The van der Waals surface area contributed by atoms with Crippen LogP contribution >= 0.6 is 0 Å². The molecule has 1 aromatic heterocycles. The lowest BCUT2D eigenvalue weighted by Gasteiger charge is -2.65. The molecule has 1 N–H and O–H groups in total. The Hall–Kier alpha value is -5.95. The molecule has 4 bridgehead atoms. The highest BCUT2D eigenvalue weighted by atomic mass is 16.7. The molecule has 19 heteroatoms. The lowest BCUT2D eigenvalue weighted by molar-refractivity contribution is -0.349. The molecule has 1 spiro atoms. The van der Waals surface area contributed by atoms with Crippen molar-refractivity contribution in [3.05, 3.63) is 65.5 Å². The molecule has 3 fully saturated rings. The van der Waals surface area contributed by atoms with E-state index in [1.165, 1.54) is 51.4 Å². The Kier molecular flexibility index (Phi) is 12.6. The SMILES string of the molecule is CC(=O)OC[C@]12[C@H](OC(C)=O)[C@H](OC(=O)c3ccccc3)[C@H]3OC(=O)C(C)(O)CCc4ccncc4C(=O)OC[C@@]4(C)O[C@@]1([C@H]3C)[C@@H](OC(C)=O)[C@@H]4[C@@H](OC(C)=O)[C@@H]2OC(C)=O. The van der Waals surface area contributed by atoms with Gasteiger partial charge in [-0.3, -0.25) is 29.0 Å². The fourth-order valence-corrected chi connectivity index (χ4v) is 9.73. The highest BCUT2D eigenvalue weighted by Crippen LogP contribution is 2.69. The van der Waals surface area contributed by atoms with Gasteiger partial charge in [-0.15, -0.1) is 0 Å². The standard InChI is InChI=1S/C43H49NO18/c1-21-31-33(60-37(50)28-12-10-9-11-13-28)36(59-26(6)49)42(20-54-22(2)45)35(58-25(5)48)32(56-23(3)46)30-34(57-24(4)47)43(21,42)62-41(30,8)19-55-38(51)29-18-44-17-15-27(29)14-16-40(7,53)39(52)61-31/h9-13,15,17-18,21,30-36,53H,14,16,19-20H2,1-8H3/t21-,30-,31-,32+,33+,34-,35-,36+,40?,41+,42-,43-/m0/s1. The molecule has 0 amide bonds. The van der Waals surface area contributed by atoms with Gasteiger partial charge < -0.3 is 47.7 Å². The lowest BCUT2D eigenvalue weighted by Crippen LogP contribution is -2.84. The molecule has 1 unspecified atom stereocenters. The second kappa shape index (κ2) is 17.1. The number of aliphatic hydroxyl groups is 1. The van der Waals surface area contributed by atoms with Crippen LogP contribution in [-0.2, 0) is 77.8 Å². The lowest BCUT2D eigenvalue weighted by atomic mass is 9.46. The molecule has 334 valence electrons. The van der Waals surface area contributed by atoms with E-state index < -0.39 is 132 Å². The highest BCUT2D eigenvalue weighted by Gasteiger charge is 2.88. The van der Waals surface area contributed by atoms with Gasteiger partial charge in [-0.1, -0.05) is 25.1 Å². The minimum absolute atomic E-state index is 0.0120. The Labute approximate surface area is 355 Å². The Morgan fingerprint density at radius 1 is 0.790 bits per heavy atom. The molecule has 19 nitrogen and oxygen atoms in total. The summed E-state index contributed by atoms with van der Waals surface area (Å²) in [6.07, 6.45) is -8.96. The van der Waals surface area contributed by atoms with Crippen LogP contribution in [0.15, 0.2) is 48.8 Å². The van der Waals surface area contributed by atoms with Crippen LogP contribution in [0.2, 0.25) is 0 Å². The van der Waals surface area contributed by atoms with Gasteiger partial charge in [0.2, 0.25) is 0 Å². The number of cyclic esters (lactones) is 1. The van der Waals surface area contributed by atoms with Gasteiger partial charge >= 0.3 is 47.8 Å². The van der Waals surface area contributed by atoms with E-state index in [9.17, 15) is 43.5 Å². The maximum atomic E-state index is 14.4. The van der Waals surface area contributed by atoms with E-state index >= 15 is 0 Å². The Balaban J connectivity index is 1.76. The number of aromatic nitrogens is 1. The molecule has 1 aromatic carbocycles. The number of carbonyl (C=O) groups excluding carboxylic acids is 8. The van der Waals surface area contributed by atoms with Crippen LogP contribution in [-0.4, -0.2) is 124 Å². The van der Waals surface area contributed by atoms with Crippen molar-refractivity contribution in [1.82, 2.24) is 4.98 Å². The summed E-state index contributed by atoms with van der Waals surface area (Å²) < 4.78 is 55.7. The second-order valence-electron chi connectivity index (χ2n) is 16.5. The van der Waals surface area contributed by atoms with Crippen molar-refractivity contribution in [2.45, 2.75) is 122 Å². The molecule has 2 aromatic rings. The maximum absolute atomic E-state index is 14.4. The molecule has 62 heavy (non-hydrogen) atoms. The van der Waals surface area contributed by atoms with Gasteiger partial charge in [0.1, 0.15) is 48.1 Å². The van der Waals surface area contributed by atoms with Crippen LogP contribution in [0.4, 0.5) is 0 Å². The molecule has 2 saturated carbocycles. The van der Waals surface area contributed by atoms with Crippen LogP contribution < -0.4 is 0 Å². The van der Waals surface area contributed by atoms with E-state index in [1.54, 1.807) is 18.2 Å². The van der Waals surface area contributed by atoms with Crippen molar-refractivity contribution >= 4 is 47.8 Å². The van der Waals surface area contributed by atoms with E-state index in [-0.39, 0.29) is 24.0 Å². The minimum Gasteiger partial charge on any atom is -0.465 e.